The SMILES string of the molecule is CC.NCOCCn1cnc2c(N)ncnc21. The van der Waals surface area contributed by atoms with Crippen molar-refractivity contribution < 1.29 is 4.74 Å². The molecule has 4 N–H and O–H groups in total. The minimum atomic E-state index is 0.212. The van der Waals surface area contributed by atoms with Crippen LogP contribution in [0.3, 0.4) is 0 Å². The van der Waals surface area contributed by atoms with Gasteiger partial charge in [-0.25, -0.2) is 15.0 Å². The lowest BCUT2D eigenvalue weighted by molar-refractivity contribution is 0.133. The summed E-state index contributed by atoms with van der Waals surface area (Å²) in [6, 6.07) is 0. The quantitative estimate of drug-likeness (QED) is 0.589. The van der Waals surface area contributed by atoms with Gasteiger partial charge in [0.1, 0.15) is 11.8 Å². The van der Waals surface area contributed by atoms with E-state index in [0.29, 0.717) is 30.1 Å². The lowest BCUT2D eigenvalue weighted by Crippen LogP contribution is -2.10. The van der Waals surface area contributed by atoms with E-state index in [1.54, 1.807) is 6.33 Å². The molecule has 17 heavy (non-hydrogen) atoms. The average Bonchev–Trinajstić information content (AvgIpc) is 2.77. The summed E-state index contributed by atoms with van der Waals surface area (Å²) in [7, 11) is 0. The first-order valence-corrected chi connectivity index (χ1v) is 5.52. The summed E-state index contributed by atoms with van der Waals surface area (Å²) in [5.41, 5.74) is 12.2. The van der Waals surface area contributed by atoms with Gasteiger partial charge in [0.2, 0.25) is 0 Å². The van der Waals surface area contributed by atoms with Crippen LogP contribution in [0.2, 0.25) is 0 Å². The third-order valence-electron chi connectivity index (χ3n) is 2.02. The zero-order valence-electron chi connectivity index (χ0n) is 10.1. The molecule has 0 aliphatic rings. The number of hydrogen-bond acceptors (Lipinski definition) is 6. The Labute approximate surface area is 99.8 Å². The fourth-order valence-corrected chi connectivity index (χ4v) is 1.31. The third kappa shape index (κ3) is 3.11. The van der Waals surface area contributed by atoms with Gasteiger partial charge in [0.05, 0.1) is 19.7 Å². The lowest BCUT2D eigenvalue weighted by Gasteiger charge is -2.03. The highest BCUT2D eigenvalue weighted by atomic mass is 16.5. The summed E-state index contributed by atoms with van der Waals surface area (Å²) in [5.74, 6) is 0.387. The van der Waals surface area contributed by atoms with Crippen LogP contribution in [0.4, 0.5) is 5.82 Å². The zero-order chi connectivity index (χ0) is 12.7. The Morgan fingerprint density at radius 2 is 2.06 bits per heavy atom. The molecule has 2 heterocycles. The smallest absolute Gasteiger partial charge is 0.165 e. The molecule has 0 aliphatic heterocycles. The van der Waals surface area contributed by atoms with Crippen LogP contribution in [0.25, 0.3) is 11.2 Å². The van der Waals surface area contributed by atoms with Crippen molar-refractivity contribution >= 4 is 17.0 Å². The topological polar surface area (TPSA) is 105 Å². The Kier molecular flexibility index (Phi) is 5.31. The molecule has 0 amide bonds. The molecule has 0 atom stereocenters. The Morgan fingerprint density at radius 1 is 1.29 bits per heavy atom. The molecule has 0 aromatic carbocycles. The van der Waals surface area contributed by atoms with Crippen molar-refractivity contribution in [1.82, 2.24) is 19.5 Å². The Hall–Kier alpha value is -1.73. The van der Waals surface area contributed by atoms with Gasteiger partial charge in [0.25, 0.3) is 0 Å². The van der Waals surface area contributed by atoms with Crippen LogP contribution >= 0.6 is 0 Å². The second-order valence-electron chi connectivity index (χ2n) is 2.94. The number of aromatic nitrogens is 4. The number of hydrogen-bond donors (Lipinski definition) is 2. The molecule has 2 rings (SSSR count). The highest BCUT2D eigenvalue weighted by Gasteiger charge is 2.06. The number of nitrogen functional groups attached to an aromatic ring is 1. The normalized spacial score (nSPS) is 10.1. The maximum Gasteiger partial charge on any atom is 0.165 e. The molecule has 7 heteroatoms. The van der Waals surface area contributed by atoms with Crippen LogP contribution < -0.4 is 11.5 Å². The van der Waals surface area contributed by atoms with Crippen LogP contribution in [0.15, 0.2) is 12.7 Å². The highest BCUT2D eigenvalue weighted by Crippen LogP contribution is 2.13. The Bertz CT molecular complexity index is 455. The number of imidazole rings is 1. The van der Waals surface area contributed by atoms with Gasteiger partial charge < -0.3 is 20.8 Å². The Morgan fingerprint density at radius 3 is 2.76 bits per heavy atom. The molecule has 7 nitrogen and oxygen atoms in total. The van der Waals surface area contributed by atoms with Gasteiger partial charge in [-0.2, -0.15) is 0 Å². The Balaban J connectivity index is 0.000000686. The standard InChI is InChI=1S/C8H12N6O.C2H6/c9-3-15-2-1-14-5-13-6-7(10)11-4-12-8(6)14;1-2/h4-5H,1-3,9H2,(H2,10,11,12);1-2H3. The molecule has 2 aromatic rings. The summed E-state index contributed by atoms with van der Waals surface area (Å²) < 4.78 is 6.89. The molecule has 94 valence electrons. The van der Waals surface area contributed by atoms with E-state index in [4.69, 9.17) is 16.2 Å². The van der Waals surface area contributed by atoms with Gasteiger partial charge in [-0.3, -0.25) is 0 Å². The first-order chi connectivity index (χ1) is 8.33. The predicted molar refractivity (Wildman–Crippen MR) is 66.1 cm³/mol. The lowest BCUT2D eigenvalue weighted by atomic mass is 10.5. The molecule has 0 unspecified atom stereocenters. The highest BCUT2D eigenvalue weighted by molar-refractivity contribution is 5.80. The fraction of sp³-hybridized carbons (Fsp3) is 0.500. The maximum absolute atomic E-state index is 5.65. The van der Waals surface area contributed by atoms with Gasteiger partial charge >= 0.3 is 0 Å². The van der Waals surface area contributed by atoms with Gasteiger partial charge in [-0.1, -0.05) is 13.8 Å². The molecule has 0 radical (unpaired) electrons. The molecule has 0 bridgehead atoms. The molecular formula is C10H18N6O. The molecule has 0 saturated carbocycles. The van der Waals surface area contributed by atoms with Crippen molar-refractivity contribution in [2.75, 3.05) is 19.1 Å². The second kappa shape index (κ2) is 6.77. The monoisotopic (exact) mass is 238 g/mol. The minimum Gasteiger partial charge on any atom is -0.382 e. The van der Waals surface area contributed by atoms with Crippen molar-refractivity contribution in [1.29, 1.82) is 0 Å². The second-order valence-corrected chi connectivity index (χ2v) is 2.94. The average molecular weight is 238 g/mol. The van der Waals surface area contributed by atoms with Gasteiger partial charge in [-0.15, -0.1) is 0 Å². The van der Waals surface area contributed by atoms with Crippen LogP contribution in [-0.2, 0) is 11.3 Å². The van der Waals surface area contributed by atoms with Crippen LogP contribution in [0.1, 0.15) is 13.8 Å². The van der Waals surface area contributed by atoms with Crippen molar-refractivity contribution in [2.45, 2.75) is 20.4 Å². The van der Waals surface area contributed by atoms with Gasteiger partial charge in [-0.05, 0) is 0 Å². The van der Waals surface area contributed by atoms with E-state index >= 15 is 0 Å². The molecular weight excluding hydrogens is 220 g/mol. The summed E-state index contributed by atoms with van der Waals surface area (Å²) >= 11 is 0. The molecule has 0 spiro atoms. The van der Waals surface area contributed by atoms with E-state index in [-0.39, 0.29) is 6.73 Å². The fourth-order valence-electron chi connectivity index (χ4n) is 1.31. The van der Waals surface area contributed by atoms with Crippen LogP contribution in [-0.4, -0.2) is 32.9 Å². The zero-order valence-corrected chi connectivity index (χ0v) is 10.1. The van der Waals surface area contributed by atoms with Crippen molar-refractivity contribution in [3.8, 4) is 0 Å². The van der Waals surface area contributed by atoms with E-state index < -0.39 is 0 Å². The molecule has 0 aliphatic carbocycles. The third-order valence-corrected chi connectivity index (χ3v) is 2.02. The number of ether oxygens (including phenoxy) is 1. The summed E-state index contributed by atoms with van der Waals surface area (Å²) in [4.78, 5) is 12.1. The number of nitrogens with zero attached hydrogens (tertiary/aromatic N) is 4. The van der Waals surface area contributed by atoms with E-state index in [2.05, 4.69) is 15.0 Å². The largest absolute Gasteiger partial charge is 0.382 e. The molecule has 2 aromatic heterocycles. The van der Waals surface area contributed by atoms with Crippen molar-refractivity contribution in [3.05, 3.63) is 12.7 Å². The summed E-state index contributed by atoms with van der Waals surface area (Å²) in [6.45, 7) is 5.37. The first kappa shape index (κ1) is 13.3. The summed E-state index contributed by atoms with van der Waals surface area (Å²) in [6.07, 6.45) is 3.08. The van der Waals surface area contributed by atoms with Gasteiger partial charge in [0.15, 0.2) is 11.5 Å². The van der Waals surface area contributed by atoms with Crippen LogP contribution in [0, 0.1) is 0 Å². The van der Waals surface area contributed by atoms with Crippen molar-refractivity contribution in [2.24, 2.45) is 5.73 Å². The molecule has 0 fully saturated rings. The molecule has 0 saturated heterocycles. The number of rotatable bonds is 4. The minimum absolute atomic E-state index is 0.212. The van der Waals surface area contributed by atoms with Crippen molar-refractivity contribution in [3.63, 3.8) is 0 Å². The van der Waals surface area contributed by atoms with E-state index in [1.807, 2.05) is 18.4 Å². The van der Waals surface area contributed by atoms with E-state index in [0.717, 1.165) is 0 Å². The number of anilines is 1. The number of fused-ring (bicyclic) bond motifs is 1. The first-order valence-electron chi connectivity index (χ1n) is 5.52. The van der Waals surface area contributed by atoms with E-state index in [9.17, 15) is 0 Å². The predicted octanol–water partition coefficient (Wildman–Crippen LogP) is 0.367. The maximum atomic E-state index is 5.65. The van der Waals surface area contributed by atoms with Crippen LogP contribution in [0.5, 0.6) is 0 Å². The van der Waals surface area contributed by atoms with E-state index in [1.165, 1.54) is 6.33 Å². The number of nitrogens with two attached hydrogens (primary N) is 2. The summed E-state index contributed by atoms with van der Waals surface area (Å²) in [5, 5.41) is 0. The van der Waals surface area contributed by atoms with Gasteiger partial charge in [0, 0.05) is 6.54 Å².